The fourth-order valence-corrected chi connectivity index (χ4v) is 5.71. The Morgan fingerprint density at radius 1 is 1.03 bits per heavy atom. The highest BCUT2D eigenvalue weighted by atomic mass is 32.2. The molecular formula is C24H25N3O4S2. The van der Waals surface area contributed by atoms with E-state index in [0.29, 0.717) is 37.0 Å². The van der Waals surface area contributed by atoms with Gasteiger partial charge in [0.25, 0.3) is 0 Å². The van der Waals surface area contributed by atoms with Crippen LogP contribution in [0.4, 0.5) is 5.69 Å². The Morgan fingerprint density at radius 2 is 1.73 bits per heavy atom. The first-order chi connectivity index (χ1) is 15.9. The number of morpholine rings is 1. The Morgan fingerprint density at radius 3 is 2.36 bits per heavy atom. The summed E-state index contributed by atoms with van der Waals surface area (Å²) >= 11 is 1.28. The predicted molar refractivity (Wildman–Crippen MR) is 129 cm³/mol. The van der Waals surface area contributed by atoms with Crippen LogP contribution < -0.4 is 5.32 Å². The number of sulfonamides is 1. The minimum Gasteiger partial charge on any atom is -0.379 e. The number of hydrogen-bond donors (Lipinski definition) is 1. The molecule has 1 saturated heterocycles. The van der Waals surface area contributed by atoms with Gasteiger partial charge in [-0.2, -0.15) is 4.31 Å². The standard InChI is InChI=1S/C24H25N3O4S2/c1-18-7-9-20(10-8-18)26-24(28)23(19-5-3-2-4-6-19)32-22-12-11-21(17-25-22)33(29,30)27-13-15-31-16-14-27/h2-12,17,23H,13-16H2,1H3,(H,26,28). The molecule has 3 aromatic rings. The van der Waals surface area contributed by atoms with E-state index in [1.54, 1.807) is 12.1 Å². The number of carbonyl (C=O) groups is 1. The molecule has 1 aromatic heterocycles. The van der Waals surface area contributed by atoms with Crippen molar-refractivity contribution in [1.29, 1.82) is 0 Å². The van der Waals surface area contributed by atoms with Crippen LogP contribution in [-0.4, -0.2) is 49.9 Å². The molecule has 2 aromatic carbocycles. The number of amides is 1. The average Bonchev–Trinajstić information content (AvgIpc) is 2.85. The first-order valence-electron chi connectivity index (χ1n) is 10.6. The number of thioether (sulfide) groups is 1. The Kier molecular flexibility index (Phi) is 7.44. The first kappa shape index (κ1) is 23.4. The van der Waals surface area contributed by atoms with Crippen molar-refractivity contribution in [2.75, 3.05) is 31.6 Å². The van der Waals surface area contributed by atoms with Gasteiger partial charge in [-0.25, -0.2) is 13.4 Å². The van der Waals surface area contributed by atoms with Crippen molar-refractivity contribution in [1.82, 2.24) is 9.29 Å². The number of aryl methyl sites for hydroxylation is 1. The van der Waals surface area contributed by atoms with E-state index in [1.165, 1.54) is 22.3 Å². The molecule has 0 bridgehead atoms. The van der Waals surface area contributed by atoms with E-state index in [9.17, 15) is 13.2 Å². The van der Waals surface area contributed by atoms with Gasteiger partial charge in [0.05, 0.1) is 18.2 Å². The van der Waals surface area contributed by atoms with Gasteiger partial charge in [-0.1, -0.05) is 59.8 Å². The van der Waals surface area contributed by atoms with Gasteiger partial charge >= 0.3 is 0 Å². The molecule has 7 nitrogen and oxygen atoms in total. The van der Waals surface area contributed by atoms with E-state index in [-0.39, 0.29) is 10.8 Å². The molecule has 1 aliphatic rings. The zero-order chi connectivity index (χ0) is 23.3. The highest BCUT2D eigenvalue weighted by Gasteiger charge is 2.27. The molecule has 0 radical (unpaired) electrons. The number of rotatable bonds is 7. The van der Waals surface area contributed by atoms with Gasteiger partial charge in [0.1, 0.15) is 10.1 Å². The lowest BCUT2D eigenvalue weighted by Crippen LogP contribution is -2.40. The van der Waals surface area contributed by atoms with Crippen LogP contribution in [0.1, 0.15) is 16.4 Å². The van der Waals surface area contributed by atoms with Crippen LogP contribution in [0.3, 0.4) is 0 Å². The third-order valence-corrected chi connectivity index (χ3v) is 8.30. The number of anilines is 1. The number of ether oxygens (including phenoxy) is 1. The van der Waals surface area contributed by atoms with Crippen molar-refractivity contribution in [3.63, 3.8) is 0 Å². The topological polar surface area (TPSA) is 88.6 Å². The zero-order valence-electron chi connectivity index (χ0n) is 18.2. The Labute approximate surface area is 198 Å². The normalized spacial score (nSPS) is 15.7. The van der Waals surface area contributed by atoms with Crippen molar-refractivity contribution in [2.45, 2.75) is 22.1 Å². The highest BCUT2D eigenvalue weighted by molar-refractivity contribution is 8.00. The Hall–Kier alpha value is -2.72. The maximum Gasteiger partial charge on any atom is 0.244 e. The third kappa shape index (κ3) is 5.80. The molecule has 172 valence electrons. The minimum absolute atomic E-state index is 0.133. The maximum atomic E-state index is 13.2. The van der Waals surface area contributed by atoms with Crippen LogP contribution in [-0.2, 0) is 19.6 Å². The molecule has 1 amide bonds. The van der Waals surface area contributed by atoms with Crippen molar-refractivity contribution in [2.24, 2.45) is 0 Å². The number of nitrogens with one attached hydrogen (secondary N) is 1. The van der Waals surface area contributed by atoms with Crippen molar-refractivity contribution in [3.05, 3.63) is 84.1 Å². The maximum absolute atomic E-state index is 13.2. The summed E-state index contributed by atoms with van der Waals surface area (Å²) in [6, 6.07) is 20.2. The van der Waals surface area contributed by atoms with Gasteiger partial charge in [-0.15, -0.1) is 0 Å². The molecule has 0 spiro atoms. The highest BCUT2D eigenvalue weighted by Crippen LogP contribution is 2.35. The van der Waals surface area contributed by atoms with Crippen LogP contribution in [0.5, 0.6) is 0 Å². The van der Waals surface area contributed by atoms with E-state index in [2.05, 4.69) is 10.3 Å². The average molecular weight is 484 g/mol. The molecule has 0 aliphatic carbocycles. The lowest BCUT2D eigenvalue weighted by atomic mass is 10.1. The number of hydrogen-bond acceptors (Lipinski definition) is 6. The fourth-order valence-electron chi connectivity index (χ4n) is 3.39. The van der Waals surface area contributed by atoms with E-state index in [1.807, 2.05) is 61.5 Å². The summed E-state index contributed by atoms with van der Waals surface area (Å²) in [5.74, 6) is -0.179. The zero-order valence-corrected chi connectivity index (χ0v) is 19.8. The predicted octanol–water partition coefficient (Wildman–Crippen LogP) is 3.88. The lowest BCUT2D eigenvalue weighted by Gasteiger charge is -2.25. The quantitative estimate of drug-likeness (QED) is 0.513. The van der Waals surface area contributed by atoms with Crippen molar-refractivity contribution in [3.8, 4) is 0 Å². The third-order valence-electron chi connectivity index (χ3n) is 5.22. The fraction of sp³-hybridized carbons (Fsp3) is 0.250. The number of pyridine rings is 1. The van der Waals surface area contributed by atoms with Gasteiger partial charge in [0.2, 0.25) is 15.9 Å². The number of nitrogens with zero attached hydrogens (tertiary/aromatic N) is 2. The molecule has 1 N–H and O–H groups in total. The van der Waals surface area contributed by atoms with Crippen LogP contribution in [0.2, 0.25) is 0 Å². The second kappa shape index (κ2) is 10.5. The molecule has 1 unspecified atom stereocenters. The van der Waals surface area contributed by atoms with Gasteiger partial charge in [0.15, 0.2) is 0 Å². The monoisotopic (exact) mass is 483 g/mol. The summed E-state index contributed by atoms with van der Waals surface area (Å²) in [7, 11) is -3.62. The van der Waals surface area contributed by atoms with Crippen LogP contribution in [0.15, 0.2) is 82.8 Å². The molecule has 1 aliphatic heterocycles. The molecule has 1 fully saturated rings. The summed E-state index contributed by atoms with van der Waals surface area (Å²) in [6.07, 6.45) is 1.35. The Balaban J connectivity index is 1.53. The minimum atomic E-state index is -3.62. The Bertz CT molecular complexity index is 1180. The van der Waals surface area contributed by atoms with Crippen LogP contribution in [0, 0.1) is 6.92 Å². The van der Waals surface area contributed by atoms with E-state index in [0.717, 1.165) is 11.1 Å². The molecular weight excluding hydrogens is 458 g/mol. The van der Waals surface area contributed by atoms with Crippen molar-refractivity contribution < 1.29 is 17.9 Å². The lowest BCUT2D eigenvalue weighted by molar-refractivity contribution is -0.115. The summed E-state index contributed by atoms with van der Waals surface area (Å²) in [5.41, 5.74) is 2.66. The van der Waals surface area contributed by atoms with Crippen LogP contribution in [0.25, 0.3) is 0 Å². The summed E-state index contributed by atoms with van der Waals surface area (Å²) in [6.45, 7) is 3.41. The molecule has 1 atom stereocenters. The van der Waals surface area contributed by atoms with Crippen molar-refractivity contribution >= 4 is 33.4 Å². The molecule has 2 heterocycles. The SMILES string of the molecule is Cc1ccc(NC(=O)C(Sc2ccc(S(=O)(=O)N3CCOCC3)cn2)c2ccccc2)cc1. The second-order valence-electron chi connectivity index (χ2n) is 7.61. The van der Waals surface area contributed by atoms with E-state index in [4.69, 9.17) is 4.74 Å². The van der Waals surface area contributed by atoms with E-state index >= 15 is 0 Å². The smallest absolute Gasteiger partial charge is 0.244 e. The van der Waals surface area contributed by atoms with Gasteiger partial charge in [0, 0.05) is 25.0 Å². The summed E-state index contributed by atoms with van der Waals surface area (Å²) in [4.78, 5) is 17.6. The van der Waals surface area contributed by atoms with Crippen LogP contribution >= 0.6 is 11.8 Å². The van der Waals surface area contributed by atoms with Gasteiger partial charge in [-0.05, 0) is 36.8 Å². The largest absolute Gasteiger partial charge is 0.379 e. The molecule has 9 heteroatoms. The molecule has 0 saturated carbocycles. The number of benzene rings is 2. The summed E-state index contributed by atoms with van der Waals surface area (Å²) in [5, 5.41) is 2.97. The summed E-state index contributed by atoms with van der Waals surface area (Å²) < 4.78 is 32.3. The van der Waals surface area contributed by atoms with Gasteiger partial charge in [-0.3, -0.25) is 4.79 Å². The molecule has 33 heavy (non-hydrogen) atoms. The van der Waals surface area contributed by atoms with E-state index < -0.39 is 15.3 Å². The molecule has 4 rings (SSSR count). The second-order valence-corrected chi connectivity index (χ2v) is 10.7. The number of carbonyl (C=O) groups excluding carboxylic acids is 1. The number of aromatic nitrogens is 1. The first-order valence-corrected chi connectivity index (χ1v) is 12.9. The van der Waals surface area contributed by atoms with Gasteiger partial charge < -0.3 is 10.1 Å².